The topological polar surface area (TPSA) is 91.0 Å². The molecule has 1 aromatic rings. The number of likely N-dealkylation sites (tertiary alicyclic amines) is 1. The zero-order valence-electron chi connectivity index (χ0n) is 22.8. The van der Waals surface area contributed by atoms with E-state index < -0.39 is 12.1 Å². The van der Waals surface area contributed by atoms with Crippen LogP contribution in [0.3, 0.4) is 0 Å². The SMILES string of the molecule is C[C@H]1NC(=O)[C@H](CCc2ccccc2)NC(=O)CCC[C@H]2[C@@H]3C[C@@H](CN(CC4CCOCC4)C3)CN2C1=O. The quantitative estimate of drug-likeness (QED) is 0.617. The van der Waals surface area contributed by atoms with Crippen LogP contribution in [-0.2, 0) is 25.5 Å². The Bertz CT molecular complexity index is 966. The molecular weight excluding hydrogens is 480 g/mol. The van der Waals surface area contributed by atoms with E-state index >= 15 is 0 Å². The van der Waals surface area contributed by atoms with E-state index in [2.05, 4.69) is 20.4 Å². The lowest BCUT2D eigenvalue weighted by atomic mass is 9.77. The van der Waals surface area contributed by atoms with E-state index in [1.54, 1.807) is 6.92 Å². The third kappa shape index (κ3) is 6.75. The number of nitrogens with zero attached hydrogens (tertiary/aromatic N) is 2. The van der Waals surface area contributed by atoms with E-state index in [1.165, 1.54) is 0 Å². The predicted molar refractivity (Wildman–Crippen MR) is 145 cm³/mol. The van der Waals surface area contributed by atoms with Crippen LogP contribution in [0, 0.1) is 17.8 Å². The molecular formula is C30H44N4O4. The zero-order valence-corrected chi connectivity index (χ0v) is 22.8. The Morgan fingerprint density at radius 3 is 2.55 bits per heavy atom. The molecule has 0 spiro atoms. The number of ether oxygens (including phenoxy) is 1. The summed E-state index contributed by atoms with van der Waals surface area (Å²) < 4.78 is 5.55. The van der Waals surface area contributed by atoms with Crippen molar-refractivity contribution in [2.45, 2.75) is 76.4 Å². The highest BCUT2D eigenvalue weighted by molar-refractivity contribution is 5.92. The lowest BCUT2D eigenvalue weighted by Gasteiger charge is -2.52. The van der Waals surface area contributed by atoms with Crippen LogP contribution in [0.4, 0.5) is 0 Å². The van der Waals surface area contributed by atoms with Crippen molar-refractivity contribution in [1.29, 1.82) is 0 Å². The number of benzene rings is 1. The first kappa shape index (κ1) is 27.1. The van der Waals surface area contributed by atoms with Crippen molar-refractivity contribution in [2.75, 3.05) is 39.4 Å². The van der Waals surface area contributed by atoms with Gasteiger partial charge in [0, 0.05) is 51.9 Å². The lowest BCUT2D eigenvalue weighted by molar-refractivity contribution is -0.145. The molecule has 8 heteroatoms. The molecule has 5 rings (SSSR count). The molecule has 5 atom stereocenters. The summed E-state index contributed by atoms with van der Waals surface area (Å²) >= 11 is 0. The molecule has 2 bridgehead atoms. The summed E-state index contributed by atoms with van der Waals surface area (Å²) in [6.07, 6.45) is 6.54. The monoisotopic (exact) mass is 524 g/mol. The second kappa shape index (κ2) is 12.6. The fraction of sp³-hybridized carbons (Fsp3) is 0.700. The van der Waals surface area contributed by atoms with Gasteiger partial charge < -0.3 is 25.2 Å². The first-order valence-corrected chi connectivity index (χ1v) is 14.7. The van der Waals surface area contributed by atoms with Crippen molar-refractivity contribution >= 4 is 17.7 Å². The molecule has 4 heterocycles. The minimum absolute atomic E-state index is 0.0182. The van der Waals surface area contributed by atoms with Crippen LogP contribution in [0.25, 0.3) is 0 Å². The molecule has 4 fully saturated rings. The molecule has 4 aliphatic heterocycles. The number of amides is 3. The summed E-state index contributed by atoms with van der Waals surface area (Å²) in [5.41, 5.74) is 1.12. The zero-order chi connectivity index (χ0) is 26.5. The highest BCUT2D eigenvalue weighted by Gasteiger charge is 2.44. The maximum atomic E-state index is 13.7. The van der Waals surface area contributed by atoms with Crippen LogP contribution in [-0.4, -0.2) is 85.0 Å². The van der Waals surface area contributed by atoms with Crippen LogP contribution < -0.4 is 10.6 Å². The van der Waals surface area contributed by atoms with Gasteiger partial charge in [0.05, 0.1) is 0 Å². The molecule has 3 amide bonds. The van der Waals surface area contributed by atoms with Gasteiger partial charge >= 0.3 is 0 Å². The molecule has 4 aliphatic rings. The Morgan fingerprint density at radius 1 is 0.974 bits per heavy atom. The van der Waals surface area contributed by atoms with Gasteiger partial charge in [0.2, 0.25) is 17.7 Å². The fourth-order valence-corrected chi connectivity index (χ4v) is 7.10. The summed E-state index contributed by atoms with van der Waals surface area (Å²) in [6, 6.07) is 8.84. The third-order valence-corrected chi connectivity index (χ3v) is 9.03. The molecule has 0 unspecified atom stereocenters. The average molecular weight is 525 g/mol. The van der Waals surface area contributed by atoms with Gasteiger partial charge in [0.25, 0.3) is 0 Å². The fourth-order valence-electron chi connectivity index (χ4n) is 7.10. The second-order valence-electron chi connectivity index (χ2n) is 12.0. The van der Waals surface area contributed by atoms with Gasteiger partial charge in [-0.15, -0.1) is 0 Å². The van der Waals surface area contributed by atoms with Gasteiger partial charge in [0.15, 0.2) is 0 Å². The van der Waals surface area contributed by atoms with Crippen molar-refractivity contribution in [3.63, 3.8) is 0 Å². The van der Waals surface area contributed by atoms with Gasteiger partial charge in [-0.25, -0.2) is 0 Å². The van der Waals surface area contributed by atoms with Crippen molar-refractivity contribution in [3.05, 3.63) is 35.9 Å². The number of hydrogen-bond acceptors (Lipinski definition) is 5. The minimum atomic E-state index is -0.646. The molecule has 8 nitrogen and oxygen atoms in total. The molecule has 0 radical (unpaired) electrons. The second-order valence-corrected chi connectivity index (χ2v) is 12.0. The highest BCUT2D eigenvalue weighted by Crippen LogP contribution is 2.36. The predicted octanol–water partition coefficient (Wildman–Crippen LogP) is 2.37. The summed E-state index contributed by atoms with van der Waals surface area (Å²) in [5.74, 6) is 1.25. The molecule has 208 valence electrons. The number of carbonyl (C=O) groups excluding carboxylic acids is 3. The number of piperidine rings is 2. The van der Waals surface area contributed by atoms with Crippen molar-refractivity contribution in [1.82, 2.24) is 20.4 Å². The third-order valence-electron chi connectivity index (χ3n) is 9.03. The molecule has 2 N–H and O–H groups in total. The Morgan fingerprint density at radius 2 is 1.76 bits per heavy atom. The van der Waals surface area contributed by atoms with Gasteiger partial charge in [-0.05, 0) is 75.2 Å². The van der Waals surface area contributed by atoms with Gasteiger partial charge in [-0.3, -0.25) is 14.4 Å². The molecule has 0 saturated carbocycles. The number of carbonyl (C=O) groups is 3. The maximum absolute atomic E-state index is 13.7. The van der Waals surface area contributed by atoms with Gasteiger partial charge in [0.1, 0.15) is 12.1 Å². The van der Waals surface area contributed by atoms with E-state index in [0.29, 0.717) is 37.0 Å². The highest BCUT2D eigenvalue weighted by atomic mass is 16.5. The maximum Gasteiger partial charge on any atom is 0.245 e. The lowest BCUT2D eigenvalue weighted by Crippen LogP contribution is -2.63. The summed E-state index contributed by atoms with van der Waals surface area (Å²) in [6.45, 7) is 7.45. The van der Waals surface area contributed by atoms with Gasteiger partial charge in [-0.1, -0.05) is 30.3 Å². The molecule has 1 aromatic carbocycles. The minimum Gasteiger partial charge on any atom is -0.381 e. The van der Waals surface area contributed by atoms with Crippen molar-refractivity contribution in [3.8, 4) is 0 Å². The number of fused-ring (bicyclic) bond motifs is 4. The Labute approximate surface area is 226 Å². The molecule has 0 aromatic heterocycles. The number of aryl methyl sites for hydroxylation is 1. The van der Waals surface area contributed by atoms with Crippen molar-refractivity contribution < 1.29 is 19.1 Å². The Hall–Kier alpha value is -2.45. The summed E-state index contributed by atoms with van der Waals surface area (Å²) in [4.78, 5) is 44.5. The van der Waals surface area contributed by atoms with Gasteiger partial charge in [-0.2, -0.15) is 0 Å². The Balaban J connectivity index is 1.25. The van der Waals surface area contributed by atoms with Crippen LogP contribution in [0.15, 0.2) is 30.3 Å². The summed E-state index contributed by atoms with van der Waals surface area (Å²) in [7, 11) is 0. The van der Waals surface area contributed by atoms with Crippen molar-refractivity contribution in [2.24, 2.45) is 17.8 Å². The number of hydrogen-bond donors (Lipinski definition) is 2. The normalized spacial score (nSPS) is 32.0. The summed E-state index contributed by atoms with van der Waals surface area (Å²) in [5, 5.41) is 5.91. The van der Waals surface area contributed by atoms with Crippen LogP contribution in [0.1, 0.15) is 57.4 Å². The average Bonchev–Trinajstić information content (AvgIpc) is 2.92. The largest absolute Gasteiger partial charge is 0.381 e. The number of rotatable bonds is 5. The first-order valence-electron chi connectivity index (χ1n) is 14.7. The molecule has 38 heavy (non-hydrogen) atoms. The van der Waals surface area contributed by atoms with E-state index in [-0.39, 0.29) is 23.8 Å². The van der Waals surface area contributed by atoms with E-state index in [4.69, 9.17) is 4.74 Å². The standard InChI is InChI=1S/C30H44N4O4/c1-21-30(37)34-19-24-16-25(20-33(18-24)17-23-12-14-38-15-13-23)27(34)8-5-9-28(35)32-26(29(36)31-21)11-10-22-6-3-2-4-7-22/h2-4,6-7,21,23-27H,5,8-20H2,1H3,(H,31,36)(H,32,35)/t21-,24+,25-,26+,27+/m1/s1. The van der Waals surface area contributed by atoms with Crippen LogP contribution in [0.2, 0.25) is 0 Å². The van der Waals surface area contributed by atoms with Crippen LogP contribution in [0.5, 0.6) is 0 Å². The number of nitrogens with one attached hydrogen (secondary N) is 2. The first-order chi connectivity index (χ1) is 18.5. The van der Waals surface area contributed by atoms with E-state index in [9.17, 15) is 14.4 Å². The molecule has 0 aliphatic carbocycles. The van der Waals surface area contributed by atoms with E-state index in [0.717, 1.165) is 77.1 Å². The smallest absolute Gasteiger partial charge is 0.245 e. The van der Waals surface area contributed by atoms with E-state index in [1.807, 2.05) is 30.3 Å². The van der Waals surface area contributed by atoms with Crippen LogP contribution >= 0.6 is 0 Å². The molecule has 4 saturated heterocycles. The Kier molecular flexibility index (Phi) is 9.00.